The minimum absolute atomic E-state index is 0.0877. The van der Waals surface area contributed by atoms with Gasteiger partial charge in [0.15, 0.2) is 0 Å². The number of benzene rings is 3. The Morgan fingerprint density at radius 3 is 2.47 bits per heavy atom. The highest BCUT2D eigenvalue weighted by atomic mass is 35.5. The minimum atomic E-state index is -4.06. The second kappa shape index (κ2) is 13.2. The molecule has 3 aromatic carbocycles. The number of nitro benzene ring substituents is 1. The van der Waals surface area contributed by atoms with Crippen LogP contribution in [-0.2, 0) is 27.9 Å². The molecule has 0 radical (unpaired) electrons. The normalized spacial score (nSPS) is 14.5. The summed E-state index contributed by atoms with van der Waals surface area (Å²) in [6.07, 6.45) is 0.596. The van der Waals surface area contributed by atoms with Crippen molar-refractivity contribution in [2.75, 3.05) is 39.4 Å². The molecule has 0 N–H and O–H groups in total. The van der Waals surface area contributed by atoms with Crippen LogP contribution in [0.3, 0.4) is 0 Å². The van der Waals surface area contributed by atoms with E-state index < -0.39 is 20.6 Å². The summed E-state index contributed by atoms with van der Waals surface area (Å²) >= 11 is 5.93. The molecule has 0 saturated carbocycles. The molecule has 1 saturated heterocycles. The number of nitro groups is 1. The van der Waals surface area contributed by atoms with Crippen LogP contribution in [0.4, 0.5) is 5.69 Å². The number of hydrogen-bond acceptors (Lipinski definition) is 7. The molecule has 1 aliphatic heterocycles. The van der Waals surface area contributed by atoms with Crippen LogP contribution in [0, 0.1) is 10.1 Å². The molecule has 0 amide bonds. The van der Waals surface area contributed by atoms with Gasteiger partial charge in [-0.15, -0.1) is 0 Å². The number of sulfonamides is 1. The van der Waals surface area contributed by atoms with Crippen LogP contribution in [0.2, 0.25) is 5.02 Å². The van der Waals surface area contributed by atoms with Gasteiger partial charge in [0.1, 0.15) is 17.4 Å². The standard InChI is InChI=1S/C27H30ClN3O6S/c28-26-11-10-25(19-27(26)31(32)33)38(34,35)30(13-5-12-29-14-16-36-17-15-29)20-23-8-4-9-24(18-23)37-21-22-6-2-1-3-7-22/h1-4,6-11,18-19H,5,12-17,20-21H2. The third-order valence-electron chi connectivity index (χ3n) is 6.24. The van der Waals surface area contributed by atoms with E-state index in [0.717, 1.165) is 36.8 Å². The van der Waals surface area contributed by atoms with Crippen LogP contribution < -0.4 is 4.74 Å². The zero-order valence-corrected chi connectivity index (χ0v) is 22.4. The predicted octanol–water partition coefficient (Wildman–Crippen LogP) is 4.74. The van der Waals surface area contributed by atoms with Crippen LogP contribution in [0.5, 0.6) is 5.75 Å². The van der Waals surface area contributed by atoms with Gasteiger partial charge in [-0.25, -0.2) is 8.42 Å². The molecule has 38 heavy (non-hydrogen) atoms. The zero-order valence-electron chi connectivity index (χ0n) is 20.9. The summed E-state index contributed by atoms with van der Waals surface area (Å²) in [6, 6.07) is 20.6. The third-order valence-corrected chi connectivity index (χ3v) is 8.40. The van der Waals surface area contributed by atoms with Crippen molar-refractivity contribution in [3.63, 3.8) is 0 Å². The Bertz CT molecular complexity index is 1330. The Kier molecular flexibility index (Phi) is 9.70. The van der Waals surface area contributed by atoms with E-state index in [1.807, 2.05) is 54.6 Å². The molecule has 9 nitrogen and oxygen atoms in total. The van der Waals surface area contributed by atoms with Crippen LogP contribution >= 0.6 is 11.6 Å². The average Bonchev–Trinajstić information content (AvgIpc) is 2.93. The van der Waals surface area contributed by atoms with E-state index >= 15 is 0 Å². The first-order chi connectivity index (χ1) is 18.3. The van der Waals surface area contributed by atoms with Crippen LogP contribution in [0.25, 0.3) is 0 Å². The third kappa shape index (κ3) is 7.52. The molecule has 4 rings (SSSR count). The lowest BCUT2D eigenvalue weighted by Gasteiger charge is -2.28. The molecule has 0 aliphatic carbocycles. The summed E-state index contributed by atoms with van der Waals surface area (Å²) in [5.41, 5.74) is 1.32. The molecule has 1 aliphatic rings. The van der Waals surface area contributed by atoms with Crippen molar-refractivity contribution in [3.8, 4) is 5.75 Å². The number of rotatable bonds is 12. The maximum absolute atomic E-state index is 13.7. The average molecular weight is 560 g/mol. The monoisotopic (exact) mass is 559 g/mol. The van der Waals surface area contributed by atoms with Crippen molar-refractivity contribution in [1.29, 1.82) is 0 Å². The molecule has 11 heteroatoms. The molecule has 1 heterocycles. The first-order valence-corrected chi connectivity index (χ1v) is 14.1. The van der Waals surface area contributed by atoms with Crippen molar-refractivity contribution in [2.45, 2.75) is 24.5 Å². The lowest BCUT2D eigenvalue weighted by atomic mass is 10.2. The van der Waals surface area contributed by atoms with Gasteiger partial charge in [0.05, 0.1) is 23.0 Å². The highest BCUT2D eigenvalue weighted by molar-refractivity contribution is 7.89. The largest absolute Gasteiger partial charge is 0.489 e. The molecular weight excluding hydrogens is 530 g/mol. The summed E-state index contributed by atoms with van der Waals surface area (Å²) in [5, 5.41) is 11.3. The second-order valence-corrected chi connectivity index (χ2v) is 11.3. The molecule has 202 valence electrons. The fourth-order valence-corrected chi connectivity index (χ4v) is 5.87. The van der Waals surface area contributed by atoms with Gasteiger partial charge in [-0.05, 0) is 48.4 Å². The van der Waals surface area contributed by atoms with Crippen LogP contribution in [0.15, 0.2) is 77.7 Å². The van der Waals surface area contributed by atoms with Gasteiger partial charge in [-0.3, -0.25) is 15.0 Å². The Morgan fingerprint density at radius 1 is 1.00 bits per heavy atom. The molecule has 3 aromatic rings. The van der Waals surface area contributed by atoms with Crippen molar-refractivity contribution in [2.24, 2.45) is 0 Å². The van der Waals surface area contributed by atoms with Gasteiger partial charge >= 0.3 is 0 Å². The summed E-state index contributed by atoms with van der Waals surface area (Å²) in [4.78, 5) is 12.8. The molecular formula is C27H30ClN3O6S. The summed E-state index contributed by atoms with van der Waals surface area (Å²) < 4.78 is 40.1. The molecule has 0 aromatic heterocycles. The first-order valence-electron chi connectivity index (χ1n) is 12.3. The van der Waals surface area contributed by atoms with Crippen LogP contribution in [0.1, 0.15) is 17.5 Å². The zero-order chi connectivity index (χ0) is 27.0. The number of ether oxygens (including phenoxy) is 2. The van der Waals surface area contributed by atoms with Gasteiger partial charge in [-0.2, -0.15) is 4.31 Å². The summed E-state index contributed by atoms with van der Waals surface area (Å²) in [7, 11) is -4.06. The van der Waals surface area contributed by atoms with E-state index in [9.17, 15) is 18.5 Å². The smallest absolute Gasteiger partial charge is 0.289 e. The minimum Gasteiger partial charge on any atom is -0.489 e. The second-order valence-electron chi connectivity index (χ2n) is 8.94. The van der Waals surface area contributed by atoms with Gasteiger partial charge in [0, 0.05) is 32.2 Å². The van der Waals surface area contributed by atoms with Crippen molar-refractivity contribution >= 4 is 27.3 Å². The lowest BCUT2D eigenvalue weighted by Crippen LogP contribution is -2.39. The maximum Gasteiger partial charge on any atom is 0.289 e. The highest BCUT2D eigenvalue weighted by Gasteiger charge is 2.28. The molecule has 1 fully saturated rings. The quantitative estimate of drug-likeness (QED) is 0.233. The van der Waals surface area contributed by atoms with Gasteiger partial charge < -0.3 is 9.47 Å². The summed E-state index contributed by atoms with van der Waals surface area (Å²) in [6.45, 7) is 4.36. The maximum atomic E-state index is 13.7. The number of hydrogen-bond donors (Lipinski definition) is 0. The topological polar surface area (TPSA) is 102 Å². The fourth-order valence-electron chi connectivity index (χ4n) is 4.20. The van der Waals surface area contributed by atoms with E-state index in [1.165, 1.54) is 16.4 Å². The predicted molar refractivity (Wildman–Crippen MR) is 145 cm³/mol. The van der Waals surface area contributed by atoms with Gasteiger partial charge in [0.25, 0.3) is 5.69 Å². The van der Waals surface area contributed by atoms with Gasteiger partial charge in [-0.1, -0.05) is 54.1 Å². The van der Waals surface area contributed by atoms with E-state index in [0.29, 0.717) is 32.0 Å². The van der Waals surface area contributed by atoms with Crippen molar-refractivity contribution in [3.05, 3.63) is 99.1 Å². The van der Waals surface area contributed by atoms with E-state index in [1.54, 1.807) is 0 Å². The SMILES string of the molecule is O=[N+]([O-])c1cc(S(=O)(=O)N(CCCN2CCOCC2)Cc2cccc(OCc3ccccc3)c2)ccc1Cl. The van der Waals surface area contributed by atoms with Gasteiger partial charge in [0.2, 0.25) is 10.0 Å². The van der Waals surface area contributed by atoms with E-state index in [-0.39, 0.29) is 23.0 Å². The number of nitrogens with zero attached hydrogens (tertiary/aromatic N) is 3. The number of morpholine rings is 1. The molecule has 0 bridgehead atoms. The number of halogens is 1. The van der Waals surface area contributed by atoms with Crippen LogP contribution in [-0.4, -0.2) is 61.9 Å². The molecule has 0 unspecified atom stereocenters. The molecule has 0 spiro atoms. The Labute approximate surface area is 227 Å². The lowest BCUT2D eigenvalue weighted by molar-refractivity contribution is -0.384. The highest BCUT2D eigenvalue weighted by Crippen LogP contribution is 2.29. The van der Waals surface area contributed by atoms with Crippen molar-refractivity contribution < 1.29 is 22.8 Å². The summed E-state index contributed by atoms with van der Waals surface area (Å²) in [5.74, 6) is 0.624. The van der Waals surface area contributed by atoms with E-state index in [2.05, 4.69) is 4.90 Å². The molecule has 0 atom stereocenters. The van der Waals surface area contributed by atoms with E-state index in [4.69, 9.17) is 21.1 Å². The Hall–Kier alpha value is -3.02. The first kappa shape index (κ1) is 28.0. The Morgan fingerprint density at radius 2 is 1.74 bits per heavy atom. The Balaban J connectivity index is 1.53. The van der Waals surface area contributed by atoms with Crippen molar-refractivity contribution in [1.82, 2.24) is 9.21 Å². The fraction of sp³-hybridized carbons (Fsp3) is 0.333.